The van der Waals surface area contributed by atoms with Crippen molar-refractivity contribution >= 4 is 11.5 Å². The van der Waals surface area contributed by atoms with Crippen molar-refractivity contribution in [2.45, 2.75) is 20.0 Å². The Morgan fingerprint density at radius 2 is 2.13 bits per heavy atom. The van der Waals surface area contributed by atoms with Gasteiger partial charge in [0.1, 0.15) is 11.6 Å². The molecule has 3 aromatic rings. The zero-order valence-corrected chi connectivity index (χ0v) is 12.7. The van der Waals surface area contributed by atoms with Crippen LogP contribution < -0.4 is 5.06 Å². The summed E-state index contributed by atoms with van der Waals surface area (Å²) in [6.07, 6.45) is 2.41. The van der Waals surface area contributed by atoms with E-state index in [1.807, 2.05) is 42.3 Å². The van der Waals surface area contributed by atoms with Crippen molar-refractivity contribution in [3.05, 3.63) is 58.9 Å². The van der Waals surface area contributed by atoms with Gasteiger partial charge in [0.15, 0.2) is 11.5 Å². The molecule has 1 aliphatic rings. The second kappa shape index (κ2) is 5.38. The van der Waals surface area contributed by atoms with Crippen molar-refractivity contribution in [3.63, 3.8) is 0 Å². The van der Waals surface area contributed by atoms with Crippen LogP contribution in [-0.2, 0) is 17.9 Å². The lowest BCUT2D eigenvalue weighted by Gasteiger charge is -2.19. The Morgan fingerprint density at radius 1 is 1.30 bits per heavy atom. The molecular weight excluding hydrogens is 290 g/mol. The average Bonchev–Trinajstić information content (AvgIpc) is 3.17. The predicted octanol–water partition coefficient (Wildman–Crippen LogP) is 2.40. The predicted molar refractivity (Wildman–Crippen MR) is 84.7 cm³/mol. The number of benzene rings is 1. The van der Waals surface area contributed by atoms with Gasteiger partial charge in [0.2, 0.25) is 0 Å². The van der Waals surface area contributed by atoms with Crippen LogP contribution in [0.2, 0.25) is 0 Å². The zero-order valence-electron chi connectivity index (χ0n) is 12.7. The fraction of sp³-hybridized carbons (Fsp3) is 0.235. The van der Waals surface area contributed by atoms with Gasteiger partial charge in [0, 0.05) is 11.3 Å². The largest absolute Gasteiger partial charge is 0.267 e. The maximum absolute atomic E-state index is 9.19. The smallest absolute Gasteiger partial charge is 0.175 e. The molecule has 0 saturated heterocycles. The van der Waals surface area contributed by atoms with Crippen molar-refractivity contribution in [3.8, 4) is 6.07 Å². The fourth-order valence-corrected chi connectivity index (χ4v) is 2.92. The number of hydroxylamine groups is 1. The summed E-state index contributed by atoms with van der Waals surface area (Å²) in [5, 5.41) is 15.4. The van der Waals surface area contributed by atoms with Crippen molar-refractivity contribution < 1.29 is 4.84 Å². The highest BCUT2D eigenvalue weighted by molar-refractivity contribution is 5.63. The quantitative estimate of drug-likeness (QED) is 0.743. The third kappa shape index (κ3) is 2.22. The summed E-state index contributed by atoms with van der Waals surface area (Å²) in [7, 11) is 0. The molecule has 23 heavy (non-hydrogen) atoms. The number of hydrogen-bond donors (Lipinski definition) is 0. The van der Waals surface area contributed by atoms with Crippen LogP contribution in [0.15, 0.2) is 36.5 Å². The molecule has 0 aliphatic carbocycles. The van der Waals surface area contributed by atoms with E-state index in [1.165, 1.54) is 0 Å². The van der Waals surface area contributed by atoms with Gasteiger partial charge >= 0.3 is 0 Å². The highest BCUT2D eigenvalue weighted by atomic mass is 16.7. The van der Waals surface area contributed by atoms with E-state index in [9.17, 15) is 5.26 Å². The van der Waals surface area contributed by atoms with Crippen molar-refractivity contribution in [1.29, 1.82) is 5.26 Å². The van der Waals surface area contributed by atoms with Gasteiger partial charge in [0.25, 0.3) is 0 Å². The lowest BCUT2D eigenvalue weighted by Crippen LogP contribution is -2.23. The van der Waals surface area contributed by atoms with Crippen molar-refractivity contribution in [1.82, 2.24) is 14.6 Å². The van der Waals surface area contributed by atoms with Crippen LogP contribution in [0.5, 0.6) is 0 Å². The fourth-order valence-electron chi connectivity index (χ4n) is 2.92. The number of nitrogens with zero attached hydrogens (tertiary/aromatic N) is 5. The minimum atomic E-state index is 0.478. The maximum atomic E-state index is 9.19. The van der Waals surface area contributed by atoms with E-state index in [0.717, 1.165) is 35.6 Å². The van der Waals surface area contributed by atoms with E-state index in [1.54, 1.807) is 10.7 Å². The van der Waals surface area contributed by atoms with Crippen LogP contribution in [-0.4, -0.2) is 21.1 Å². The van der Waals surface area contributed by atoms with Gasteiger partial charge in [-0.15, -0.1) is 0 Å². The molecule has 0 spiro atoms. The van der Waals surface area contributed by atoms with Crippen LogP contribution in [0.1, 0.15) is 22.4 Å². The van der Waals surface area contributed by atoms with Gasteiger partial charge < -0.3 is 0 Å². The summed E-state index contributed by atoms with van der Waals surface area (Å²) in [6.45, 7) is 3.22. The first-order valence-corrected chi connectivity index (χ1v) is 7.49. The van der Waals surface area contributed by atoms with E-state index < -0.39 is 0 Å². The Labute approximate surface area is 133 Å². The third-order valence-electron chi connectivity index (χ3n) is 4.08. The van der Waals surface area contributed by atoms with Crippen LogP contribution >= 0.6 is 0 Å². The first kappa shape index (κ1) is 13.7. The summed E-state index contributed by atoms with van der Waals surface area (Å²) >= 11 is 0. The molecule has 0 bridgehead atoms. The Bertz CT molecular complexity index is 910. The number of hydrogen-bond acceptors (Lipinski definition) is 5. The molecule has 6 heteroatoms. The SMILES string of the molecule is Cc1nc2c(C#N)cnn2c2c1CCN2OCc1ccccc1. The number of fused-ring (bicyclic) bond motifs is 3. The molecule has 0 radical (unpaired) electrons. The first-order chi connectivity index (χ1) is 11.3. The highest BCUT2D eigenvalue weighted by Crippen LogP contribution is 2.31. The molecule has 0 N–H and O–H groups in total. The minimum Gasteiger partial charge on any atom is -0.267 e. The Kier molecular flexibility index (Phi) is 3.21. The molecule has 3 heterocycles. The summed E-state index contributed by atoms with van der Waals surface area (Å²) < 4.78 is 1.71. The topological polar surface area (TPSA) is 66.5 Å². The molecule has 0 unspecified atom stereocenters. The summed E-state index contributed by atoms with van der Waals surface area (Å²) in [5.74, 6) is 0.880. The number of aromatic nitrogens is 3. The monoisotopic (exact) mass is 305 g/mol. The van der Waals surface area contributed by atoms with E-state index >= 15 is 0 Å². The summed E-state index contributed by atoms with van der Waals surface area (Å²) in [6, 6.07) is 12.2. The molecule has 0 amide bonds. The number of nitriles is 1. The van der Waals surface area contributed by atoms with Gasteiger partial charge in [-0.2, -0.15) is 14.9 Å². The van der Waals surface area contributed by atoms with Gasteiger partial charge in [-0.3, -0.25) is 4.84 Å². The molecule has 0 atom stereocenters. The molecular formula is C17H15N5O. The normalized spacial score (nSPS) is 13.3. The molecule has 6 nitrogen and oxygen atoms in total. The molecule has 0 saturated carbocycles. The van der Waals surface area contributed by atoms with E-state index in [0.29, 0.717) is 17.8 Å². The Balaban J connectivity index is 1.71. The summed E-state index contributed by atoms with van der Waals surface area (Å²) in [5.41, 5.74) is 4.22. The zero-order chi connectivity index (χ0) is 15.8. The van der Waals surface area contributed by atoms with Gasteiger partial charge in [-0.25, -0.2) is 10.0 Å². The standard InChI is InChI=1S/C17H15N5O/c1-12-15-7-8-21(23-11-13-5-3-2-4-6-13)17(15)22-16(20-12)14(9-18)10-19-22/h2-6,10H,7-8,11H2,1H3. The van der Waals surface area contributed by atoms with Crippen LogP contribution in [0.3, 0.4) is 0 Å². The Hall–Kier alpha value is -2.91. The van der Waals surface area contributed by atoms with Gasteiger partial charge in [-0.1, -0.05) is 30.3 Å². The lowest BCUT2D eigenvalue weighted by atomic mass is 10.2. The first-order valence-electron chi connectivity index (χ1n) is 7.49. The van der Waals surface area contributed by atoms with Crippen molar-refractivity contribution in [2.24, 2.45) is 0 Å². The Morgan fingerprint density at radius 3 is 2.91 bits per heavy atom. The average molecular weight is 305 g/mol. The van der Waals surface area contributed by atoms with Crippen molar-refractivity contribution in [2.75, 3.05) is 11.6 Å². The molecule has 2 aromatic heterocycles. The van der Waals surface area contributed by atoms with E-state index in [4.69, 9.17) is 4.84 Å². The second-order valence-electron chi connectivity index (χ2n) is 5.52. The molecule has 0 fully saturated rings. The maximum Gasteiger partial charge on any atom is 0.175 e. The van der Waals surface area contributed by atoms with Gasteiger partial charge in [-0.05, 0) is 18.9 Å². The van der Waals surface area contributed by atoms with E-state index in [-0.39, 0.29) is 0 Å². The van der Waals surface area contributed by atoms with Crippen LogP contribution in [0, 0.1) is 18.3 Å². The molecule has 4 rings (SSSR count). The molecule has 1 aliphatic heterocycles. The number of rotatable bonds is 3. The lowest BCUT2D eigenvalue weighted by molar-refractivity contribution is 0.0973. The third-order valence-corrected chi connectivity index (χ3v) is 4.08. The second-order valence-corrected chi connectivity index (χ2v) is 5.52. The van der Waals surface area contributed by atoms with E-state index in [2.05, 4.69) is 16.2 Å². The van der Waals surface area contributed by atoms with Crippen LogP contribution in [0.25, 0.3) is 5.65 Å². The number of anilines is 1. The molecule has 114 valence electrons. The molecule has 1 aromatic carbocycles. The van der Waals surface area contributed by atoms with Crippen LogP contribution in [0.4, 0.5) is 5.82 Å². The highest BCUT2D eigenvalue weighted by Gasteiger charge is 2.27. The number of aryl methyl sites for hydroxylation is 1. The van der Waals surface area contributed by atoms with Gasteiger partial charge in [0.05, 0.1) is 19.3 Å². The minimum absolute atomic E-state index is 0.478. The summed E-state index contributed by atoms with van der Waals surface area (Å²) in [4.78, 5) is 10.5.